The zero-order valence-electron chi connectivity index (χ0n) is 11.9. The first-order valence-electron chi connectivity index (χ1n) is 6.47. The minimum absolute atomic E-state index is 0.0409. The summed E-state index contributed by atoms with van der Waals surface area (Å²) in [7, 11) is 0. The van der Waals surface area contributed by atoms with Gasteiger partial charge in [0.1, 0.15) is 5.82 Å². The Bertz CT molecular complexity index is 416. The zero-order chi connectivity index (χ0) is 13.7. The van der Waals surface area contributed by atoms with Gasteiger partial charge in [0, 0.05) is 23.8 Å². The Morgan fingerprint density at radius 3 is 2.56 bits per heavy atom. The number of pyridine rings is 1. The van der Waals surface area contributed by atoms with E-state index in [4.69, 9.17) is 0 Å². The van der Waals surface area contributed by atoms with Crippen molar-refractivity contribution in [1.82, 2.24) is 10.3 Å². The van der Waals surface area contributed by atoms with Crippen molar-refractivity contribution in [2.75, 3.05) is 11.9 Å². The van der Waals surface area contributed by atoms with Gasteiger partial charge in [0.25, 0.3) is 5.91 Å². The van der Waals surface area contributed by atoms with Crippen molar-refractivity contribution in [1.29, 1.82) is 0 Å². The first-order valence-corrected chi connectivity index (χ1v) is 6.47. The summed E-state index contributed by atoms with van der Waals surface area (Å²) in [6.45, 7) is 10.9. The van der Waals surface area contributed by atoms with Crippen LogP contribution in [0.5, 0.6) is 0 Å². The highest BCUT2D eigenvalue weighted by Gasteiger charge is 2.13. The quantitative estimate of drug-likeness (QED) is 0.843. The van der Waals surface area contributed by atoms with Gasteiger partial charge in [-0.2, -0.15) is 0 Å². The van der Waals surface area contributed by atoms with E-state index in [0.717, 1.165) is 18.1 Å². The third kappa shape index (κ3) is 4.02. The maximum absolute atomic E-state index is 12.1. The predicted molar refractivity (Wildman–Crippen MR) is 74.9 cm³/mol. The normalized spacial score (nSPS) is 12.3. The lowest BCUT2D eigenvalue weighted by atomic mass is 10.1. The summed E-state index contributed by atoms with van der Waals surface area (Å²) < 4.78 is 0. The lowest BCUT2D eigenvalue weighted by Gasteiger charge is -2.17. The number of aromatic nitrogens is 1. The van der Waals surface area contributed by atoms with Gasteiger partial charge < -0.3 is 10.6 Å². The molecule has 100 valence electrons. The van der Waals surface area contributed by atoms with Crippen LogP contribution >= 0.6 is 0 Å². The van der Waals surface area contributed by atoms with E-state index in [0.29, 0.717) is 11.5 Å². The number of amides is 1. The summed E-state index contributed by atoms with van der Waals surface area (Å²) in [4.78, 5) is 16.4. The molecule has 1 atom stereocenters. The average molecular weight is 249 g/mol. The highest BCUT2D eigenvalue weighted by atomic mass is 16.1. The van der Waals surface area contributed by atoms with Gasteiger partial charge >= 0.3 is 0 Å². The minimum atomic E-state index is -0.0409. The molecule has 1 rings (SSSR count). The lowest BCUT2D eigenvalue weighted by molar-refractivity contribution is 0.0930. The van der Waals surface area contributed by atoms with Crippen molar-refractivity contribution in [2.45, 2.75) is 40.7 Å². The highest BCUT2D eigenvalue weighted by molar-refractivity contribution is 5.95. The molecule has 0 saturated heterocycles. The average Bonchev–Trinajstić information content (AvgIpc) is 2.28. The van der Waals surface area contributed by atoms with Crippen LogP contribution in [0.2, 0.25) is 0 Å². The van der Waals surface area contributed by atoms with E-state index in [2.05, 4.69) is 29.5 Å². The van der Waals surface area contributed by atoms with E-state index in [1.165, 1.54) is 0 Å². The van der Waals surface area contributed by atoms with Gasteiger partial charge in [0.05, 0.1) is 0 Å². The van der Waals surface area contributed by atoms with Crippen molar-refractivity contribution in [3.8, 4) is 0 Å². The summed E-state index contributed by atoms with van der Waals surface area (Å²) >= 11 is 0. The molecule has 0 aliphatic heterocycles. The molecular weight excluding hydrogens is 226 g/mol. The lowest BCUT2D eigenvalue weighted by Crippen LogP contribution is -2.36. The van der Waals surface area contributed by atoms with Crippen LogP contribution in [-0.4, -0.2) is 23.5 Å². The summed E-state index contributed by atoms with van der Waals surface area (Å²) in [5, 5.41) is 6.13. The number of aryl methyl sites for hydroxylation is 1. The fourth-order valence-electron chi connectivity index (χ4n) is 1.53. The molecule has 1 heterocycles. The Balaban J connectivity index is 2.85. The first kappa shape index (κ1) is 14.5. The molecule has 1 aromatic rings. The molecule has 4 heteroatoms. The minimum Gasteiger partial charge on any atom is -0.370 e. The molecule has 0 aliphatic carbocycles. The molecule has 0 radical (unpaired) electrons. The van der Waals surface area contributed by atoms with Crippen LogP contribution in [-0.2, 0) is 0 Å². The van der Waals surface area contributed by atoms with Gasteiger partial charge in [0.2, 0.25) is 0 Å². The predicted octanol–water partition coefficient (Wildman–Crippen LogP) is 2.60. The molecule has 0 fully saturated rings. The van der Waals surface area contributed by atoms with Gasteiger partial charge in [-0.1, -0.05) is 13.8 Å². The molecule has 1 unspecified atom stereocenters. The van der Waals surface area contributed by atoms with Crippen molar-refractivity contribution >= 4 is 11.7 Å². The Morgan fingerprint density at radius 1 is 1.33 bits per heavy atom. The third-order valence-electron chi connectivity index (χ3n) is 2.93. The van der Waals surface area contributed by atoms with Crippen molar-refractivity contribution in [2.24, 2.45) is 5.92 Å². The van der Waals surface area contributed by atoms with Crippen LogP contribution < -0.4 is 10.6 Å². The van der Waals surface area contributed by atoms with Crippen molar-refractivity contribution in [3.05, 3.63) is 23.4 Å². The molecule has 0 bridgehead atoms. The van der Waals surface area contributed by atoms with Gasteiger partial charge in [-0.15, -0.1) is 0 Å². The number of hydrogen-bond acceptors (Lipinski definition) is 3. The number of carbonyl (C=O) groups excluding carboxylic acids is 1. The highest BCUT2D eigenvalue weighted by Crippen LogP contribution is 2.11. The fourth-order valence-corrected chi connectivity index (χ4v) is 1.53. The second kappa shape index (κ2) is 6.38. The monoisotopic (exact) mass is 249 g/mol. The van der Waals surface area contributed by atoms with E-state index in [9.17, 15) is 4.79 Å². The van der Waals surface area contributed by atoms with Gasteiger partial charge in [-0.05, 0) is 38.8 Å². The topological polar surface area (TPSA) is 54.0 Å². The van der Waals surface area contributed by atoms with E-state index in [1.807, 2.05) is 26.8 Å². The van der Waals surface area contributed by atoms with E-state index in [1.54, 1.807) is 6.07 Å². The van der Waals surface area contributed by atoms with Crippen LogP contribution in [0.25, 0.3) is 0 Å². The summed E-state index contributed by atoms with van der Waals surface area (Å²) in [6.07, 6.45) is 0. The summed E-state index contributed by atoms with van der Waals surface area (Å²) in [5.74, 6) is 1.13. The Hall–Kier alpha value is -1.58. The molecule has 4 nitrogen and oxygen atoms in total. The van der Waals surface area contributed by atoms with Crippen LogP contribution in [0.1, 0.15) is 43.7 Å². The SMILES string of the molecule is CCNc1cc(C(=O)NC(C)C(C)C)cc(C)n1. The smallest absolute Gasteiger partial charge is 0.251 e. The molecule has 18 heavy (non-hydrogen) atoms. The molecule has 1 amide bonds. The fraction of sp³-hybridized carbons (Fsp3) is 0.571. The van der Waals surface area contributed by atoms with Crippen molar-refractivity contribution < 1.29 is 4.79 Å². The second-order valence-electron chi connectivity index (χ2n) is 4.92. The standard InChI is InChI=1S/C14H23N3O/c1-6-15-13-8-12(7-10(4)16-13)14(18)17-11(5)9(2)3/h7-9,11H,6H2,1-5H3,(H,15,16)(H,17,18). The number of nitrogens with zero attached hydrogens (tertiary/aromatic N) is 1. The largest absolute Gasteiger partial charge is 0.370 e. The Morgan fingerprint density at radius 2 is 2.00 bits per heavy atom. The molecule has 1 aromatic heterocycles. The molecule has 0 aliphatic rings. The third-order valence-corrected chi connectivity index (χ3v) is 2.93. The Labute approximate surface area is 109 Å². The number of nitrogens with one attached hydrogen (secondary N) is 2. The van der Waals surface area contributed by atoms with Crippen LogP contribution in [0.3, 0.4) is 0 Å². The number of rotatable bonds is 5. The molecule has 0 spiro atoms. The number of hydrogen-bond donors (Lipinski definition) is 2. The zero-order valence-corrected chi connectivity index (χ0v) is 11.9. The maximum atomic E-state index is 12.1. The first-order chi connectivity index (χ1) is 8.43. The molecule has 0 aromatic carbocycles. The van der Waals surface area contributed by atoms with Crippen molar-refractivity contribution in [3.63, 3.8) is 0 Å². The van der Waals surface area contributed by atoms with Crippen LogP contribution in [0.4, 0.5) is 5.82 Å². The van der Waals surface area contributed by atoms with E-state index in [-0.39, 0.29) is 11.9 Å². The number of anilines is 1. The van der Waals surface area contributed by atoms with Gasteiger partial charge in [-0.3, -0.25) is 4.79 Å². The van der Waals surface area contributed by atoms with Crippen LogP contribution in [0, 0.1) is 12.8 Å². The molecular formula is C14H23N3O. The second-order valence-corrected chi connectivity index (χ2v) is 4.92. The van der Waals surface area contributed by atoms with Crippen LogP contribution in [0.15, 0.2) is 12.1 Å². The molecule has 0 saturated carbocycles. The molecule has 2 N–H and O–H groups in total. The number of carbonyl (C=O) groups is 1. The van der Waals surface area contributed by atoms with Gasteiger partial charge in [0.15, 0.2) is 0 Å². The summed E-state index contributed by atoms with van der Waals surface area (Å²) in [5.41, 5.74) is 1.50. The van der Waals surface area contributed by atoms with E-state index < -0.39 is 0 Å². The maximum Gasteiger partial charge on any atom is 0.251 e. The summed E-state index contributed by atoms with van der Waals surface area (Å²) in [6, 6.07) is 3.76. The Kier molecular flexibility index (Phi) is 5.13. The van der Waals surface area contributed by atoms with Gasteiger partial charge in [-0.25, -0.2) is 4.98 Å². The van der Waals surface area contributed by atoms with E-state index >= 15 is 0 Å².